The van der Waals surface area contributed by atoms with Crippen molar-refractivity contribution in [3.05, 3.63) is 57.1 Å². The molecular weight excluding hydrogens is 398 g/mol. The first kappa shape index (κ1) is 20.0. The quantitative estimate of drug-likeness (QED) is 0.397. The van der Waals surface area contributed by atoms with Crippen molar-refractivity contribution in [2.24, 2.45) is 0 Å². The van der Waals surface area contributed by atoms with E-state index in [-0.39, 0.29) is 23.7 Å². The summed E-state index contributed by atoms with van der Waals surface area (Å²) in [6.07, 6.45) is 0. The highest BCUT2D eigenvalue weighted by Crippen LogP contribution is 2.28. The summed E-state index contributed by atoms with van der Waals surface area (Å²) in [5, 5.41) is 21.2. The maximum absolute atomic E-state index is 12.4. The van der Waals surface area contributed by atoms with E-state index in [9.17, 15) is 19.7 Å². The van der Waals surface area contributed by atoms with Crippen molar-refractivity contribution in [2.45, 2.75) is 13.5 Å². The minimum atomic E-state index is -0.556. The van der Waals surface area contributed by atoms with Gasteiger partial charge in [-0.2, -0.15) is 0 Å². The van der Waals surface area contributed by atoms with Crippen LogP contribution in [0.2, 0.25) is 0 Å². The number of nitro benzene ring substituents is 1. The monoisotopic (exact) mass is 415 g/mol. The van der Waals surface area contributed by atoms with Gasteiger partial charge in [-0.1, -0.05) is 0 Å². The Bertz CT molecular complexity index is 1070. The summed E-state index contributed by atoms with van der Waals surface area (Å²) >= 11 is 1.19. The van der Waals surface area contributed by atoms with Gasteiger partial charge in [0.15, 0.2) is 10.9 Å². The van der Waals surface area contributed by atoms with Gasteiger partial charge in [-0.05, 0) is 24.3 Å². The van der Waals surface area contributed by atoms with Crippen LogP contribution in [0.5, 0.6) is 0 Å². The molecule has 0 unspecified atom stereocenters. The predicted molar refractivity (Wildman–Crippen MR) is 108 cm³/mol. The van der Waals surface area contributed by atoms with E-state index in [0.29, 0.717) is 28.0 Å². The molecule has 3 rings (SSSR count). The van der Waals surface area contributed by atoms with E-state index in [1.165, 1.54) is 36.5 Å². The lowest BCUT2D eigenvalue weighted by molar-refractivity contribution is -0.384. The molecule has 0 bridgehead atoms. The summed E-state index contributed by atoms with van der Waals surface area (Å²) in [6.45, 7) is 1.69. The van der Waals surface area contributed by atoms with Gasteiger partial charge < -0.3 is 15.1 Å². The summed E-state index contributed by atoms with van der Waals surface area (Å²) < 4.78 is 5.63. The molecule has 1 aromatic carbocycles. The van der Waals surface area contributed by atoms with Crippen LogP contribution in [0.25, 0.3) is 11.5 Å². The molecular formula is C18H17N5O5S. The molecule has 2 heterocycles. The maximum Gasteiger partial charge on any atom is 0.293 e. The molecule has 0 atom stereocenters. The number of hydrogen-bond donors (Lipinski definition) is 3. The number of rotatable bonds is 7. The molecule has 150 valence electrons. The van der Waals surface area contributed by atoms with Crippen LogP contribution >= 0.6 is 11.3 Å². The van der Waals surface area contributed by atoms with E-state index < -0.39 is 10.8 Å². The van der Waals surface area contributed by atoms with Crippen molar-refractivity contribution in [1.29, 1.82) is 0 Å². The average Bonchev–Trinajstić information content (AvgIpc) is 3.35. The number of carbonyl (C=O) groups excluding carboxylic acids is 2. The van der Waals surface area contributed by atoms with Crippen LogP contribution in [-0.4, -0.2) is 28.8 Å². The van der Waals surface area contributed by atoms with E-state index in [1.54, 1.807) is 24.6 Å². The molecule has 0 saturated heterocycles. The van der Waals surface area contributed by atoms with Crippen LogP contribution in [0.15, 0.2) is 40.1 Å². The second kappa shape index (κ2) is 8.52. The van der Waals surface area contributed by atoms with Gasteiger partial charge >= 0.3 is 0 Å². The molecule has 11 heteroatoms. The Labute approximate surface area is 169 Å². The van der Waals surface area contributed by atoms with Crippen molar-refractivity contribution in [2.75, 3.05) is 17.7 Å². The van der Waals surface area contributed by atoms with Gasteiger partial charge in [0.05, 0.1) is 11.5 Å². The van der Waals surface area contributed by atoms with E-state index in [4.69, 9.17) is 4.42 Å². The lowest BCUT2D eigenvalue weighted by Crippen LogP contribution is -2.18. The van der Waals surface area contributed by atoms with Crippen molar-refractivity contribution in [1.82, 2.24) is 10.3 Å². The van der Waals surface area contributed by atoms with E-state index in [0.717, 1.165) is 0 Å². The number of nitro groups is 1. The zero-order valence-corrected chi connectivity index (χ0v) is 16.3. The van der Waals surface area contributed by atoms with Crippen molar-refractivity contribution >= 4 is 39.7 Å². The van der Waals surface area contributed by atoms with Crippen LogP contribution in [0.3, 0.4) is 0 Å². The average molecular weight is 415 g/mol. The summed E-state index contributed by atoms with van der Waals surface area (Å²) in [5.74, 6) is 0.397. The number of hydrogen-bond acceptors (Lipinski definition) is 8. The Morgan fingerprint density at radius 1 is 1.28 bits per heavy atom. The van der Waals surface area contributed by atoms with Gasteiger partial charge in [0.2, 0.25) is 5.91 Å². The lowest BCUT2D eigenvalue weighted by atomic mass is 10.1. The fourth-order valence-corrected chi connectivity index (χ4v) is 3.17. The molecule has 29 heavy (non-hydrogen) atoms. The van der Waals surface area contributed by atoms with Crippen LogP contribution in [0, 0.1) is 10.1 Å². The molecule has 10 nitrogen and oxygen atoms in total. The normalized spacial score (nSPS) is 10.4. The number of nitrogens with one attached hydrogen (secondary N) is 3. The smallest absolute Gasteiger partial charge is 0.293 e. The molecule has 2 amide bonds. The number of nitrogens with zero attached hydrogens (tertiary/aromatic N) is 2. The minimum absolute atomic E-state index is 0.142. The van der Waals surface area contributed by atoms with Crippen molar-refractivity contribution in [3.63, 3.8) is 0 Å². The fraction of sp³-hybridized carbons (Fsp3) is 0.167. The van der Waals surface area contributed by atoms with Gasteiger partial charge in [0.25, 0.3) is 11.6 Å². The SMILES string of the molecule is CNc1ccc(C(=O)Nc2nc(-c3ccc(CNC(C)=O)o3)cs2)cc1[N+](=O)[O-]. The topological polar surface area (TPSA) is 139 Å². The molecule has 3 N–H and O–H groups in total. The highest BCUT2D eigenvalue weighted by molar-refractivity contribution is 7.14. The zero-order chi connectivity index (χ0) is 21.0. The molecule has 3 aromatic rings. The Morgan fingerprint density at radius 3 is 2.76 bits per heavy atom. The molecule has 0 spiro atoms. The molecule has 0 aliphatic carbocycles. The van der Waals surface area contributed by atoms with E-state index in [1.807, 2.05) is 0 Å². The molecule has 0 fully saturated rings. The number of amides is 2. The molecule has 0 aliphatic rings. The second-order valence-electron chi connectivity index (χ2n) is 5.91. The Kier molecular flexibility index (Phi) is 5.88. The fourth-order valence-electron chi connectivity index (χ4n) is 2.47. The van der Waals surface area contributed by atoms with Gasteiger partial charge in [-0.15, -0.1) is 11.3 Å². The Hall–Kier alpha value is -3.73. The standard InChI is InChI=1S/C18H17N5O5S/c1-10(24)20-8-12-4-6-16(28-12)14-9-29-18(21-14)22-17(25)11-3-5-13(19-2)15(7-11)23(26)27/h3-7,9,19H,8H2,1-2H3,(H,20,24)(H,21,22,25). The summed E-state index contributed by atoms with van der Waals surface area (Å²) in [4.78, 5) is 38.3. The second-order valence-corrected chi connectivity index (χ2v) is 6.76. The number of furan rings is 1. The third kappa shape index (κ3) is 4.76. The molecule has 2 aromatic heterocycles. The van der Waals surface area contributed by atoms with E-state index >= 15 is 0 Å². The highest BCUT2D eigenvalue weighted by atomic mass is 32.1. The number of aromatic nitrogens is 1. The van der Waals surface area contributed by atoms with E-state index in [2.05, 4.69) is 20.9 Å². The first-order chi connectivity index (χ1) is 13.9. The molecule has 0 saturated carbocycles. The summed E-state index contributed by atoms with van der Waals surface area (Å²) in [5.41, 5.74) is 0.789. The van der Waals surface area contributed by atoms with Gasteiger partial charge in [0.1, 0.15) is 17.1 Å². The van der Waals surface area contributed by atoms with Gasteiger partial charge in [0, 0.05) is 31.0 Å². The lowest BCUT2D eigenvalue weighted by Gasteiger charge is -2.05. The van der Waals surface area contributed by atoms with Gasteiger partial charge in [-0.3, -0.25) is 25.0 Å². The zero-order valence-electron chi connectivity index (χ0n) is 15.5. The Balaban J connectivity index is 1.72. The highest BCUT2D eigenvalue weighted by Gasteiger charge is 2.18. The molecule has 0 radical (unpaired) electrons. The number of anilines is 2. The number of carbonyl (C=O) groups is 2. The minimum Gasteiger partial charge on any atom is -0.458 e. The number of thiazole rings is 1. The first-order valence-electron chi connectivity index (χ1n) is 8.44. The Morgan fingerprint density at radius 2 is 2.07 bits per heavy atom. The number of benzene rings is 1. The van der Waals surface area contributed by atoms with Crippen LogP contribution < -0.4 is 16.0 Å². The van der Waals surface area contributed by atoms with Crippen LogP contribution in [0.1, 0.15) is 23.0 Å². The first-order valence-corrected chi connectivity index (χ1v) is 9.32. The van der Waals surface area contributed by atoms with Crippen molar-refractivity contribution in [3.8, 4) is 11.5 Å². The third-order valence-corrected chi connectivity index (χ3v) is 4.63. The maximum atomic E-state index is 12.4. The van der Waals surface area contributed by atoms with Gasteiger partial charge in [-0.25, -0.2) is 4.98 Å². The van der Waals surface area contributed by atoms with Crippen LogP contribution in [0.4, 0.5) is 16.5 Å². The van der Waals surface area contributed by atoms with Crippen molar-refractivity contribution < 1.29 is 18.9 Å². The molecule has 0 aliphatic heterocycles. The summed E-state index contributed by atoms with van der Waals surface area (Å²) in [6, 6.07) is 7.61. The summed E-state index contributed by atoms with van der Waals surface area (Å²) in [7, 11) is 1.56. The van der Waals surface area contributed by atoms with Crippen LogP contribution in [-0.2, 0) is 11.3 Å². The predicted octanol–water partition coefficient (Wildman–Crippen LogP) is 3.24. The largest absolute Gasteiger partial charge is 0.458 e. The third-order valence-electron chi connectivity index (χ3n) is 3.88.